The summed E-state index contributed by atoms with van der Waals surface area (Å²) in [5.74, 6) is 0. The van der Waals surface area contributed by atoms with Gasteiger partial charge >= 0.3 is 0 Å². The molecule has 0 amide bonds. The highest BCUT2D eigenvalue weighted by molar-refractivity contribution is 4.67. The van der Waals surface area contributed by atoms with Crippen molar-refractivity contribution in [2.45, 2.75) is 19.8 Å². The molecule has 0 bridgehead atoms. The summed E-state index contributed by atoms with van der Waals surface area (Å²) in [6.07, 6.45) is 4.16. The quantitative estimate of drug-likeness (QED) is 0.444. The van der Waals surface area contributed by atoms with Gasteiger partial charge in [0.25, 0.3) is 0 Å². The van der Waals surface area contributed by atoms with Gasteiger partial charge in [-0.25, -0.2) is 0 Å². The summed E-state index contributed by atoms with van der Waals surface area (Å²) in [5.41, 5.74) is 0. The number of hydrogen-bond donors (Lipinski definition) is 1. The monoisotopic (exact) mass is 157 g/mol. The molecule has 2 heteroatoms. The largest absolute Gasteiger partial charge is 0.395 e. The zero-order valence-electron chi connectivity index (χ0n) is 7.42. The number of unbranched alkanes of at least 4 members (excludes halogenated alkanes) is 1. The SMILES string of the molecule is C=CCCCN(CC)CCO. The molecule has 0 aromatic carbocycles. The smallest absolute Gasteiger partial charge is 0.0558 e. The van der Waals surface area contributed by atoms with Gasteiger partial charge in [-0.2, -0.15) is 0 Å². The lowest BCUT2D eigenvalue weighted by atomic mass is 10.3. The van der Waals surface area contributed by atoms with E-state index in [1.807, 2.05) is 6.08 Å². The minimum absolute atomic E-state index is 0.266. The Morgan fingerprint density at radius 3 is 2.64 bits per heavy atom. The molecule has 0 aliphatic carbocycles. The molecule has 0 aliphatic heterocycles. The number of aliphatic hydroxyl groups is 1. The van der Waals surface area contributed by atoms with E-state index in [1.165, 1.54) is 0 Å². The molecule has 0 unspecified atom stereocenters. The van der Waals surface area contributed by atoms with Crippen LogP contribution in [0.25, 0.3) is 0 Å². The predicted molar refractivity (Wildman–Crippen MR) is 48.6 cm³/mol. The maximum absolute atomic E-state index is 8.66. The average molecular weight is 157 g/mol. The molecule has 0 spiro atoms. The van der Waals surface area contributed by atoms with E-state index in [2.05, 4.69) is 18.4 Å². The predicted octanol–water partition coefficient (Wildman–Crippen LogP) is 1.27. The van der Waals surface area contributed by atoms with Crippen LogP contribution in [0.5, 0.6) is 0 Å². The Morgan fingerprint density at radius 1 is 1.45 bits per heavy atom. The molecule has 0 radical (unpaired) electrons. The number of aliphatic hydroxyl groups excluding tert-OH is 1. The molecule has 2 nitrogen and oxygen atoms in total. The van der Waals surface area contributed by atoms with Crippen LogP contribution in [0.2, 0.25) is 0 Å². The highest BCUT2D eigenvalue weighted by atomic mass is 16.3. The third kappa shape index (κ3) is 6.07. The van der Waals surface area contributed by atoms with Gasteiger partial charge in [-0.05, 0) is 25.9 Å². The number of hydrogen-bond acceptors (Lipinski definition) is 2. The Morgan fingerprint density at radius 2 is 2.18 bits per heavy atom. The van der Waals surface area contributed by atoms with Crippen molar-refractivity contribution in [1.82, 2.24) is 4.90 Å². The third-order valence-corrected chi connectivity index (χ3v) is 1.75. The molecule has 0 fully saturated rings. The lowest BCUT2D eigenvalue weighted by Crippen LogP contribution is -2.27. The van der Waals surface area contributed by atoms with Crippen LogP contribution in [0, 0.1) is 0 Å². The molecule has 1 N–H and O–H groups in total. The van der Waals surface area contributed by atoms with Gasteiger partial charge in [0, 0.05) is 6.54 Å². The van der Waals surface area contributed by atoms with E-state index in [9.17, 15) is 0 Å². The van der Waals surface area contributed by atoms with Gasteiger partial charge in [-0.1, -0.05) is 13.0 Å². The summed E-state index contributed by atoms with van der Waals surface area (Å²) in [7, 11) is 0. The molecular formula is C9H19NO. The molecule has 11 heavy (non-hydrogen) atoms. The van der Waals surface area contributed by atoms with Crippen molar-refractivity contribution >= 4 is 0 Å². The molecule has 0 heterocycles. The summed E-state index contributed by atoms with van der Waals surface area (Å²) < 4.78 is 0. The zero-order valence-corrected chi connectivity index (χ0v) is 7.42. The maximum atomic E-state index is 8.66. The van der Waals surface area contributed by atoms with Crippen molar-refractivity contribution in [3.63, 3.8) is 0 Å². The Bertz CT molecular complexity index is 93.6. The lowest BCUT2D eigenvalue weighted by molar-refractivity contribution is 0.201. The minimum Gasteiger partial charge on any atom is -0.395 e. The van der Waals surface area contributed by atoms with Crippen LogP contribution in [0.1, 0.15) is 19.8 Å². The summed E-state index contributed by atoms with van der Waals surface area (Å²) in [4.78, 5) is 2.24. The molecule has 0 rings (SSSR count). The minimum atomic E-state index is 0.266. The highest BCUT2D eigenvalue weighted by Crippen LogP contribution is 1.94. The second kappa shape index (κ2) is 7.76. The third-order valence-electron chi connectivity index (χ3n) is 1.75. The van der Waals surface area contributed by atoms with E-state index in [4.69, 9.17) is 5.11 Å². The first-order valence-corrected chi connectivity index (χ1v) is 4.29. The van der Waals surface area contributed by atoms with Crippen LogP contribution in [-0.2, 0) is 0 Å². The second-order valence-corrected chi connectivity index (χ2v) is 2.59. The molecule has 0 aromatic heterocycles. The van der Waals surface area contributed by atoms with E-state index >= 15 is 0 Å². The van der Waals surface area contributed by atoms with Crippen molar-refractivity contribution in [2.24, 2.45) is 0 Å². The summed E-state index contributed by atoms with van der Waals surface area (Å²) in [6, 6.07) is 0. The van der Waals surface area contributed by atoms with E-state index < -0.39 is 0 Å². The van der Waals surface area contributed by atoms with Crippen molar-refractivity contribution in [1.29, 1.82) is 0 Å². The fourth-order valence-electron chi connectivity index (χ4n) is 1.03. The van der Waals surface area contributed by atoms with Gasteiger partial charge in [0.2, 0.25) is 0 Å². The number of likely N-dealkylation sites (N-methyl/N-ethyl adjacent to an activating group) is 1. The maximum Gasteiger partial charge on any atom is 0.0558 e. The van der Waals surface area contributed by atoms with Gasteiger partial charge in [0.05, 0.1) is 6.61 Å². The van der Waals surface area contributed by atoms with E-state index in [0.29, 0.717) is 0 Å². The fraction of sp³-hybridized carbons (Fsp3) is 0.778. The normalized spacial score (nSPS) is 10.5. The van der Waals surface area contributed by atoms with Crippen LogP contribution in [0.4, 0.5) is 0 Å². The Balaban J connectivity index is 3.27. The zero-order chi connectivity index (χ0) is 8.53. The van der Waals surface area contributed by atoms with Gasteiger partial charge in [-0.3, -0.25) is 0 Å². The van der Waals surface area contributed by atoms with Crippen LogP contribution in [0.15, 0.2) is 12.7 Å². The first kappa shape index (κ1) is 10.7. The van der Waals surface area contributed by atoms with Crippen LogP contribution >= 0.6 is 0 Å². The highest BCUT2D eigenvalue weighted by Gasteiger charge is 1.98. The molecule has 66 valence electrons. The lowest BCUT2D eigenvalue weighted by Gasteiger charge is -2.17. The van der Waals surface area contributed by atoms with Crippen LogP contribution < -0.4 is 0 Å². The van der Waals surface area contributed by atoms with Crippen LogP contribution in [0.3, 0.4) is 0 Å². The van der Waals surface area contributed by atoms with Crippen molar-refractivity contribution in [3.8, 4) is 0 Å². The summed E-state index contributed by atoms with van der Waals surface area (Å²) in [6.45, 7) is 8.94. The Hall–Kier alpha value is -0.340. The number of nitrogens with zero attached hydrogens (tertiary/aromatic N) is 1. The topological polar surface area (TPSA) is 23.5 Å². The molecule has 0 aliphatic rings. The fourth-order valence-corrected chi connectivity index (χ4v) is 1.03. The van der Waals surface area contributed by atoms with Gasteiger partial charge in [-0.15, -0.1) is 6.58 Å². The molecule has 0 saturated heterocycles. The van der Waals surface area contributed by atoms with Crippen LogP contribution in [-0.4, -0.2) is 36.2 Å². The standard InChI is InChI=1S/C9H19NO/c1-3-5-6-7-10(4-2)8-9-11/h3,11H,1,4-9H2,2H3. The van der Waals surface area contributed by atoms with Gasteiger partial charge in [0.15, 0.2) is 0 Å². The van der Waals surface area contributed by atoms with Gasteiger partial charge in [0.1, 0.15) is 0 Å². The van der Waals surface area contributed by atoms with E-state index in [-0.39, 0.29) is 6.61 Å². The number of allylic oxidation sites excluding steroid dienone is 1. The van der Waals surface area contributed by atoms with Crippen molar-refractivity contribution in [3.05, 3.63) is 12.7 Å². The first-order chi connectivity index (χ1) is 5.35. The van der Waals surface area contributed by atoms with E-state index in [1.54, 1.807) is 0 Å². The van der Waals surface area contributed by atoms with E-state index in [0.717, 1.165) is 32.5 Å². The molecular weight excluding hydrogens is 138 g/mol. The van der Waals surface area contributed by atoms with Gasteiger partial charge < -0.3 is 10.0 Å². The number of rotatable bonds is 7. The Labute approximate surface area is 69.5 Å². The first-order valence-electron chi connectivity index (χ1n) is 4.29. The molecule has 0 aromatic rings. The average Bonchev–Trinajstić information content (AvgIpc) is 2.03. The van der Waals surface area contributed by atoms with Crippen molar-refractivity contribution in [2.75, 3.05) is 26.2 Å². The van der Waals surface area contributed by atoms with Crippen molar-refractivity contribution < 1.29 is 5.11 Å². The summed E-state index contributed by atoms with van der Waals surface area (Å²) >= 11 is 0. The molecule has 0 saturated carbocycles. The second-order valence-electron chi connectivity index (χ2n) is 2.59. The molecule has 0 atom stereocenters. The Kier molecular flexibility index (Phi) is 7.52. The summed E-state index contributed by atoms with van der Waals surface area (Å²) in [5, 5.41) is 8.66.